The number of carbonyl (C=O) groups is 1. The fourth-order valence-electron chi connectivity index (χ4n) is 1.43. The lowest BCUT2D eigenvalue weighted by Gasteiger charge is -2.07. The third-order valence-electron chi connectivity index (χ3n) is 2.20. The molecule has 0 spiro atoms. The molecule has 1 aromatic carbocycles. The zero-order valence-electron chi connectivity index (χ0n) is 9.29. The Balaban J connectivity index is 2.32. The number of ether oxygens (including phenoxy) is 1. The van der Waals surface area contributed by atoms with Crippen LogP contribution in [0.15, 0.2) is 41.5 Å². The molecule has 0 aliphatic heterocycles. The van der Waals surface area contributed by atoms with Crippen LogP contribution < -0.4 is 10.3 Å². The average molecular weight is 246 g/mol. The Morgan fingerprint density at radius 2 is 2.17 bits per heavy atom. The molecule has 18 heavy (non-hydrogen) atoms. The van der Waals surface area contributed by atoms with Gasteiger partial charge < -0.3 is 14.8 Å². The maximum Gasteiger partial charge on any atom is 0.311 e. The SMILES string of the molecule is O=C(O)Cc1ccccc1Oc1ncc[nH]c1=O. The highest BCUT2D eigenvalue weighted by Gasteiger charge is 2.10. The number of rotatable bonds is 4. The Morgan fingerprint density at radius 3 is 2.89 bits per heavy atom. The lowest BCUT2D eigenvalue weighted by molar-refractivity contribution is -0.136. The van der Waals surface area contributed by atoms with Gasteiger partial charge in [-0.3, -0.25) is 9.59 Å². The van der Waals surface area contributed by atoms with E-state index in [0.717, 1.165) is 0 Å². The first-order valence-electron chi connectivity index (χ1n) is 5.18. The number of aromatic nitrogens is 2. The lowest BCUT2D eigenvalue weighted by Crippen LogP contribution is -2.10. The molecule has 2 aromatic rings. The van der Waals surface area contributed by atoms with Gasteiger partial charge in [-0.2, -0.15) is 0 Å². The molecule has 0 fully saturated rings. The summed E-state index contributed by atoms with van der Waals surface area (Å²) < 4.78 is 5.32. The predicted molar refractivity (Wildman–Crippen MR) is 62.7 cm³/mol. The molecular formula is C12H10N2O4. The largest absolute Gasteiger partial charge is 0.481 e. The summed E-state index contributed by atoms with van der Waals surface area (Å²) in [6.45, 7) is 0. The van der Waals surface area contributed by atoms with E-state index in [0.29, 0.717) is 11.3 Å². The van der Waals surface area contributed by atoms with Crippen LogP contribution in [0.25, 0.3) is 0 Å². The molecule has 2 N–H and O–H groups in total. The van der Waals surface area contributed by atoms with E-state index in [-0.39, 0.29) is 12.3 Å². The molecule has 0 aliphatic rings. The zero-order chi connectivity index (χ0) is 13.0. The van der Waals surface area contributed by atoms with Crippen LogP contribution in [0.3, 0.4) is 0 Å². The van der Waals surface area contributed by atoms with Crippen LogP contribution >= 0.6 is 0 Å². The fraction of sp³-hybridized carbons (Fsp3) is 0.0833. The van der Waals surface area contributed by atoms with Crippen LogP contribution in [0.2, 0.25) is 0 Å². The second-order valence-corrected chi connectivity index (χ2v) is 3.50. The fourth-order valence-corrected chi connectivity index (χ4v) is 1.43. The zero-order valence-corrected chi connectivity index (χ0v) is 9.29. The maximum atomic E-state index is 11.4. The van der Waals surface area contributed by atoms with Gasteiger partial charge in [0.15, 0.2) is 0 Å². The monoisotopic (exact) mass is 246 g/mol. The molecule has 2 rings (SSSR count). The number of nitrogens with zero attached hydrogens (tertiary/aromatic N) is 1. The molecule has 0 unspecified atom stereocenters. The van der Waals surface area contributed by atoms with Crippen LogP contribution in [-0.2, 0) is 11.2 Å². The maximum absolute atomic E-state index is 11.4. The lowest BCUT2D eigenvalue weighted by atomic mass is 10.1. The van der Waals surface area contributed by atoms with Crippen molar-refractivity contribution in [2.75, 3.05) is 0 Å². The van der Waals surface area contributed by atoms with Gasteiger partial charge in [-0.25, -0.2) is 4.98 Å². The van der Waals surface area contributed by atoms with E-state index in [1.54, 1.807) is 24.3 Å². The second-order valence-electron chi connectivity index (χ2n) is 3.50. The van der Waals surface area contributed by atoms with E-state index in [1.165, 1.54) is 12.4 Å². The predicted octanol–water partition coefficient (Wildman–Crippen LogP) is 1.19. The van der Waals surface area contributed by atoms with Gasteiger partial charge in [0.25, 0.3) is 5.88 Å². The van der Waals surface area contributed by atoms with Gasteiger partial charge in [0.2, 0.25) is 0 Å². The van der Waals surface area contributed by atoms with E-state index in [1.807, 2.05) is 0 Å². The average Bonchev–Trinajstić information content (AvgIpc) is 2.34. The van der Waals surface area contributed by atoms with E-state index < -0.39 is 11.5 Å². The molecule has 1 aromatic heterocycles. The van der Waals surface area contributed by atoms with Crippen LogP contribution in [0.5, 0.6) is 11.6 Å². The molecule has 0 bridgehead atoms. The number of carboxylic acids is 1. The molecule has 0 saturated carbocycles. The standard InChI is InChI=1S/C12H10N2O4/c15-10(16)7-8-3-1-2-4-9(8)18-12-11(17)13-5-6-14-12/h1-6H,7H2,(H,13,17)(H,15,16). The smallest absolute Gasteiger partial charge is 0.311 e. The minimum Gasteiger partial charge on any atom is -0.481 e. The number of H-pyrrole nitrogens is 1. The third kappa shape index (κ3) is 2.73. The first kappa shape index (κ1) is 11.8. The van der Waals surface area contributed by atoms with Crippen LogP contribution in [-0.4, -0.2) is 21.0 Å². The van der Waals surface area contributed by atoms with Crippen molar-refractivity contribution in [3.05, 3.63) is 52.6 Å². The third-order valence-corrected chi connectivity index (χ3v) is 2.20. The number of aliphatic carboxylic acids is 1. The first-order chi connectivity index (χ1) is 8.66. The van der Waals surface area contributed by atoms with Crippen molar-refractivity contribution < 1.29 is 14.6 Å². The van der Waals surface area contributed by atoms with Crippen molar-refractivity contribution in [1.82, 2.24) is 9.97 Å². The molecule has 1 heterocycles. The number of aromatic amines is 1. The summed E-state index contributed by atoms with van der Waals surface area (Å²) in [5.41, 5.74) is 0.0117. The number of benzene rings is 1. The van der Waals surface area contributed by atoms with Gasteiger partial charge in [0.1, 0.15) is 5.75 Å². The Labute approximate surface area is 102 Å². The Hall–Kier alpha value is -2.63. The van der Waals surface area contributed by atoms with Crippen molar-refractivity contribution in [3.8, 4) is 11.6 Å². The van der Waals surface area contributed by atoms with Crippen LogP contribution in [0.1, 0.15) is 5.56 Å². The number of hydrogen-bond donors (Lipinski definition) is 2. The van der Waals surface area contributed by atoms with Gasteiger partial charge in [-0.05, 0) is 6.07 Å². The summed E-state index contributed by atoms with van der Waals surface area (Å²) >= 11 is 0. The van der Waals surface area contributed by atoms with Crippen molar-refractivity contribution in [2.45, 2.75) is 6.42 Å². The number of carboxylic acid groups (broad SMARTS) is 1. The highest BCUT2D eigenvalue weighted by molar-refractivity contribution is 5.71. The topological polar surface area (TPSA) is 92.3 Å². The number of para-hydroxylation sites is 1. The summed E-state index contributed by atoms with van der Waals surface area (Å²) in [6, 6.07) is 6.61. The van der Waals surface area contributed by atoms with Gasteiger partial charge in [-0.15, -0.1) is 0 Å². The molecular weight excluding hydrogens is 236 g/mol. The molecule has 0 radical (unpaired) electrons. The molecule has 6 nitrogen and oxygen atoms in total. The van der Waals surface area contributed by atoms with Crippen LogP contribution in [0.4, 0.5) is 0 Å². The van der Waals surface area contributed by atoms with Crippen LogP contribution in [0, 0.1) is 0 Å². The van der Waals surface area contributed by atoms with E-state index in [4.69, 9.17) is 9.84 Å². The highest BCUT2D eigenvalue weighted by atomic mass is 16.5. The van der Waals surface area contributed by atoms with E-state index in [2.05, 4.69) is 9.97 Å². The van der Waals surface area contributed by atoms with Crippen molar-refractivity contribution >= 4 is 5.97 Å². The molecule has 0 amide bonds. The first-order valence-corrected chi connectivity index (χ1v) is 5.18. The van der Waals surface area contributed by atoms with Crippen molar-refractivity contribution in [3.63, 3.8) is 0 Å². The summed E-state index contributed by atoms with van der Waals surface area (Å²) in [4.78, 5) is 28.3. The van der Waals surface area contributed by atoms with Gasteiger partial charge in [0.05, 0.1) is 6.42 Å². The molecule has 0 atom stereocenters. The normalized spacial score (nSPS) is 10.0. The minimum atomic E-state index is -0.971. The van der Waals surface area contributed by atoms with Gasteiger partial charge >= 0.3 is 11.5 Å². The Kier molecular flexibility index (Phi) is 3.38. The van der Waals surface area contributed by atoms with Gasteiger partial charge in [0, 0.05) is 18.0 Å². The summed E-state index contributed by atoms with van der Waals surface area (Å²) in [7, 11) is 0. The number of hydrogen-bond acceptors (Lipinski definition) is 4. The highest BCUT2D eigenvalue weighted by Crippen LogP contribution is 2.22. The van der Waals surface area contributed by atoms with E-state index in [9.17, 15) is 9.59 Å². The quantitative estimate of drug-likeness (QED) is 0.845. The van der Waals surface area contributed by atoms with Gasteiger partial charge in [-0.1, -0.05) is 18.2 Å². The molecule has 6 heteroatoms. The summed E-state index contributed by atoms with van der Waals surface area (Å²) in [6.07, 6.45) is 2.59. The second kappa shape index (κ2) is 5.13. The molecule has 0 aliphatic carbocycles. The molecule has 92 valence electrons. The Bertz CT molecular complexity index is 621. The summed E-state index contributed by atoms with van der Waals surface area (Å²) in [5, 5.41) is 8.77. The summed E-state index contributed by atoms with van der Waals surface area (Å²) in [5.74, 6) is -0.777. The molecule has 0 saturated heterocycles. The Morgan fingerprint density at radius 1 is 1.39 bits per heavy atom. The minimum absolute atomic E-state index is 0.115. The van der Waals surface area contributed by atoms with Crippen molar-refractivity contribution in [2.24, 2.45) is 0 Å². The van der Waals surface area contributed by atoms with Crippen molar-refractivity contribution in [1.29, 1.82) is 0 Å². The number of nitrogens with one attached hydrogen (secondary N) is 1. The van der Waals surface area contributed by atoms with E-state index >= 15 is 0 Å².